The fourth-order valence-electron chi connectivity index (χ4n) is 2.15. The molecule has 1 N–H and O–H groups in total. The van der Waals surface area contributed by atoms with Crippen LogP contribution in [-0.4, -0.2) is 10.0 Å². The van der Waals surface area contributed by atoms with E-state index in [1.54, 1.807) is 6.07 Å². The van der Waals surface area contributed by atoms with E-state index in [-0.39, 0.29) is 40.5 Å². The monoisotopic (exact) mass is 336 g/mol. The van der Waals surface area contributed by atoms with Crippen LogP contribution in [0.4, 0.5) is 5.69 Å². The van der Waals surface area contributed by atoms with Gasteiger partial charge >= 0.3 is 40.9 Å². The summed E-state index contributed by atoms with van der Waals surface area (Å²) in [5.41, 5.74) is -1.19. The SMILES string of the molecule is O=c1oc2ccc(OCc3ccccc3)cc2c(O)c1[N+](=O)[O-].[Na+]. The van der Waals surface area contributed by atoms with Gasteiger partial charge in [-0.1, -0.05) is 30.3 Å². The molecule has 8 heteroatoms. The number of ether oxygens (including phenoxy) is 1. The topological polar surface area (TPSA) is 103 Å². The second kappa shape index (κ2) is 7.48. The summed E-state index contributed by atoms with van der Waals surface area (Å²) in [5, 5.41) is 20.8. The van der Waals surface area contributed by atoms with Crippen LogP contribution in [0.5, 0.6) is 11.5 Å². The van der Waals surface area contributed by atoms with Crippen LogP contribution in [0.2, 0.25) is 0 Å². The Balaban J connectivity index is 0.00000208. The maximum Gasteiger partial charge on any atom is 1.00 e. The fraction of sp³-hybridized carbons (Fsp3) is 0.0625. The van der Waals surface area contributed by atoms with Gasteiger partial charge < -0.3 is 14.3 Å². The number of nitrogens with zero attached hydrogens (tertiary/aromatic N) is 1. The van der Waals surface area contributed by atoms with E-state index in [0.29, 0.717) is 12.4 Å². The maximum absolute atomic E-state index is 11.5. The number of hydrogen-bond donors (Lipinski definition) is 1. The van der Waals surface area contributed by atoms with E-state index in [2.05, 4.69) is 0 Å². The van der Waals surface area contributed by atoms with Gasteiger partial charge in [0.25, 0.3) is 0 Å². The number of hydrogen-bond acceptors (Lipinski definition) is 6. The molecule has 24 heavy (non-hydrogen) atoms. The van der Waals surface area contributed by atoms with Crippen molar-refractivity contribution in [2.75, 3.05) is 0 Å². The number of nitro groups is 1. The minimum absolute atomic E-state index is 0. The Hall–Kier alpha value is -2.35. The summed E-state index contributed by atoms with van der Waals surface area (Å²) in [5.74, 6) is -0.341. The van der Waals surface area contributed by atoms with Crippen LogP contribution in [0, 0.1) is 10.1 Å². The van der Waals surface area contributed by atoms with Crippen molar-refractivity contribution in [3.63, 3.8) is 0 Å². The van der Waals surface area contributed by atoms with Crippen LogP contribution in [-0.2, 0) is 6.61 Å². The molecule has 0 saturated carbocycles. The molecular formula is C16H11NNaO6+. The van der Waals surface area contributed by atoms with Gasteiger partial charge in [0.2, 0.25) is 5.75 Å². The van der Waals surface area contributed by atoms with Crippen LogP contribution in [0.1, 0.15) is 5.56 Å². The second-order valence-electron chi connectivity index (χ2n) is 4.78. The Morgan fingerprint density at radius 1 is 1.17 bits per heavy atom. The number of aromatic hydroxyl groups is 1. The van der Waals surface area contributed by atoms with Gasteiger partial charge in [0.05, 0.1) is 10.3 Å². The zero-order chi connectivity index (χ0) is 16.4. The molecule has 0 amide bonds. The molecule has 7 nitrogen and oxygen atoms in total. The molecule has 0 spiro atoms. The van der Waals surface area contributed by atoms with Crippen molar-refractivity contribution in [1.29, 1.82) is 0 Å². The zero-order valence-electron chi connectivity index (χ0n) is 12.8. The van der Waals surface area contributed by atoms with Gasteiger partial charge in [-0.05, 0) is 23.8 Å². The number of benzene rings is 2. The van der Waals surface area contributed by atoms with Crippen LogP contribution in [0.25, 0.3) is 11.0 Å². The third-order valence-corrected chi connectivity index (χ3v) is 3.26. The summed E-state index contributed by atoms with van der Waals surface area (Å²) in [6, 6.07) is 13.8. The van der Waals surface area contributed by atoms with E-state index in [0.717, 1.165) is 5.56 Å². The van der Waals surface area contributed by atoms with Crippen molar-refractivity contribution < 1.29 is 48.7 Å². The minimum Gasteiger partial charge on any atom is -0.501 e. The quantitative estimate of drug-likeness (QED) is 0.311. The van der Waals surface area contributed by atoms with E-state index in [1.807, 2.05) is 30.3 Å². The summed E-state index contributed by atoms with van der Waals surface area (Å²) in [4.78, 5) is 21.4. The number of rotatable bonds is 4. The van der Waals surface area contributed by atoms with Crippen molar-refractivity contribution in [2.45, 2.75) is 6.61 Å². The van der Waals surface area contributed by atoms with Crippen molar-refractivity contribution in [2.24, 2.45) is 0 Å². The van der Waals surface area contributed by atoms with Gasteiger partial charge in [-0.3, -0.25) is 10.1 Å². The molecule has 0 unspecified atom stereocenters. The Kier molecular flexibility index (Phi) is 5.61. The average Bonchev–Trinajstić information content (AvgIpc) is 2.54. The predicted octanol–water partition coefficient (Wildman–Crippen LogP) is -0.0102. The largest absolute Gasteiger partial charge is 1.00 e. The van der Waals surface area contributed by atoms with Crippen molar-refractivity contribution >= 4 is 16.7 Å². The summed E-state index contributed by atoms with van der Waals surface area (Å²) < 4.78 is 10.4. The molecule has 1 aromatic heterocycles. The van der Waals surface area contributed by atoms with E-state index < -0.39 is 22.0 Å². The molecule has 0 bridgehead atoms. The smallest absolute Gasteiger partial charge is 0.501 e. The van der Waals surface area contributed by atoms with Crippen LogP contribution < -0.4 is 39.9 Å². The summed E-state index contributed by atoms with van der Waals surface area (Å²) in [6.45, 7) is 0.298. The van der Waals surface area contributed by atoms with Crippen LogP contribution in [0.3, 0.4) is 0 Å². The third-order valence-electron chi connectivity index (χ3n) is 3.26. The van der Waals surface area contributed by atoms with Crippen LogP contribution >= 0.6 is 0 Å². The van der Waals surface area contributed by atoms with Crippen molar-refractivity contribution in [1.82, 2.24) is 0 Å². The van der Waals surface area contributed by atoms with E-state index in [4.69, 9.17) is 9.15 Å². The minimum atomic E-state index is -1.20. The van der Waals surface area contributed by atoms with Gasteiger partial charge in [-0.2, -0.15) is 0 Å². The molecule has 3 rings (SSSR count). The first-order valence-electron chi connectivity index (χ1n) is 6.67. The molecule has 0 fully saturated rings. The molecule has 0 saturated heterocycles. The fourth-order valence-corrected chi connectivity index (χ4v) is 2.15. The molecule has 116 valence electrons. The Bertz CT molecular complexity index is 938. The van der Waals surface area contributed by atoms with Gasteiger partial charge in [-0.25, -0.2) is 4.79 Å². The molecule has 1 heterocycles. The molecular weight excluding hydrogens is 325 g/mol. The third kappa shape index (κ3) is 3.59. The average molecular weight is 336 g/mol. The Morgan fingerprint density at radius 3 is 2.54 bits per heavy atom. The first-order chi connectivity index (χ1) is 11.1. The summed E-state index contributed by atoms with van der Waals surface area (Å²) >= 11 is 0. The summed E-state index contributed by atoms with van der Waals surface area (Å²) in [7, 11) is 0. The van der Waals surface area contributed by atoms with Gasteiger partial charge in [0.1, 0.15) is 17.9 Å². The summed E-state index contributed by atoms with van der Waals surface area (Å²) in [6.07, 6.45) is 0. The van der Waals surface area contributed by atoms with Gasteiger partial charge in [0, 0.05) is 0 Å². The Morgan fingerprint density at radius 2 is 1.88 bits per heavy atom. The van der Waals surface area contributed by atoms with Gasteiger partial charge in [-0.15, -0.1) is 0 Å². The standard InChI is InChI=1S/C16H11NO6.Na/c18-15-12-8-11(22-9-10-4-2-1-3-5-10)6-7-13(12)23-16(19)14(15)17(20)21;/h1-8,18H,9H2;/q;+1. The molecule has 0 atom stereocenters. The maximum atomic E-state index is 11.5. The number of fused-ring (bicyclic) bond motifs is 1. The molecule has 2 aromatic carbocycles. The van der Waals surface area contributed by atoms with Crippen LogP contribution in [0.15, 0.2) is 57.7 Å². The normalized spacial score (nSPS) is 10.2. The molecule has 0 radical (unpaired) electrons. The van der Waals surface area contributed by atoms with Crippen molar-refractivity contribution in [3.8, 4) is 11.5 Å². The zero-order valence-corrected chi connectivity index (χ0v) is 14.8. The Labute approximate surface area is 157 Å². The molecule has 0 aliphatic heterocycles. The predicted molar refractivity (Wildman–Crippen MR) is 81.6 cm³/mol. The molecule has 0 aliphatic carbocycles. The first-order valence-corrected chi connectivity index (χ1v) is 6.67. The van der Waals surface area contributed by atoms with Gasteiger partial charge in [0.15, 0.2) is 0 Å². The van der Waals surface area contributed by atoms with E-state index in [1.165, 1.54) is 12.1 Å². The second-order valence-corrected chi connectivity index (χ2v) is 4.78. The van der Waals surface area contributed by atoms with E-state index in [9.17, 15) is 20.0 Å². The first kappa shape index (κ1) is 18.0. The van der Waals surface area contributed by atoms with E-state index >= 15 is 0 Å². The molecule has 3 aromatic rings. The van der Waals surface area contributed by atoms with Crippen molar-refractivity contribution in [3.05, 3.63) is 74.6 Å². The molecule has 0 aliphatic rings.